The highest BCUT2D eigenvalue weighted by Crippen LogP contribution is 2.48. The summed E-state index contributed by atoms with van der Waals surface area (Å²) in [6, 6.07) is 12.2. The Morgan fingerprint density at radius 1 is 1.10 bits per heavy atom. The van der Waals surface area contributed by atoms with Gasteiger partial charge in [-0.1, -0.05) is 49.3 Å². The van der Waals surface area contributed by atoms with E-state index in [2.05, 4.69) is 25.3 Å². The first-order chi connectivity index (χ1) is 19.1. The summed E-state index contributed by atoms with van der Waals surface area (Å²) in [7, 11) is 0. The van der Waals surface area contributed by atoms with Crippen LogP contribution in [0.25, 0.3) is 22.3 Å². The summed E-state index contributed by atoms with van der Waals surface area (Å²) in [4.78, 5) is 35.9. The van der Waals surface area contributed by atoms with Crippen LogP contribution in [-0.2, 0) is 16.9 Å². The Morgan fingerprint density at radius 2 is 1.90 bits per heavy atom. The number of imide groups is 1. The number of halogens is 1. The van der Waals surface area contributed by atoms with E-state index < -0.39 is 22.9 Å². The van der Waals surface area contributed by atoms with Gasteiger partial charge < -0.3 is 9.63 Å². The number of aromatic nitrogens is 3. The standard InChI is InChI=1S/C29H29FN6O4/c1-28(2)16-35(15-18-3-5-19(6-4-18)26-32-17-40-34-26)12-10-29(28,39)22-7-8-23-21(25(22)30)13-20(14-31-23)36-11-9-24(37)33-27(36)38/h3-8,13-14,17,39H,9-12,15-16H2,1-2H3,(H,33,37,38). The van der Waals surface area contributed by atoms with Gasteiger partial charge in [0.25, 0.3) is 0 Å². The van der Waals surface area contributed by atoms with Gasteiger partial charge in [0.15, 0.2) is 0 Å². The molecule has 0 radical (unpaired) electrons. The second kappa shape index (κ2) is 9.76. The van der Waals surface area contributed by atoms with Crippen LogP contribution >= 0.6 is 0 Å². The van der Waals surface area contributed by atoms with E-state index in [4.69, 9.17) is 4.52 Å². The SMILES string of the molecule is CC1(C)CN(Cc2ccc(-c3ncon3)cc2)CCC1(O)c1ccc2ncc(N3CCC(=O)NC3=O)cc2c1F. The van der Waals surface area contributed by atoms with Crippen molar-refractivity contribution in [1.82, 2.24) is 25.3 Å². The van der Waals surface area contributed by atoms with Crippen LogP contribution in [-0.4, -0.2) is 56.7 Å². The molecule has 206 valence electrons. The molecule has 2 aliphatic rings. The Morgan fingerprint density at radius 3 is 2.60 bits per heavy atom. The fourth-order valence-electron chi connectivity index (χ4n) is 5.81. The van der Waals surface area contributed by atoms with E-state index in [1.807, 2.05) is 38.1 Å². The van der Waals surface area contributed by atoms with Crippen molar-refractivity contribution in [3.63, 3.8) is 0 Å². The number of nitrogens with one attached hydrogen (secondary N) is 1. The highest BCUT2D eigenvalue weighted by molar-refractivity contribution is 6.06. The number of rotatable bonds is 5. The van der Waals surface area contributed by atoms with Crippen LogP contribution in [0.4, 0.5) is 14.9 Å². The maximum absolute atomic E-state index is 16.1. The van der Waals surface area contributed by atoms with Crippen LogP contribution in [0.15, 0.2) is 59.6 Å². The quantitative estimate of drug-likeness (QED) is 0.387. The van der Waals surface area contributed by atoms with Crippen molar-refractivity contribution < 1.29 is 23.6 Å². The maximum atomic E-state index is 16.1. The molecule has 2 aliphatic heterocycles. The number of piperidine rings is 1. The van der Waals surface area contributed by atoms with Crippen LogP contribution in [0.3, 0.4) is 0 Å². The Labute approximate surface area is 229 Å². The molecular formula is C29H29FN6O4. The lowest BCUT2D eigenvalue weighted by Crippen LogP contribution is -2.55. The van der Waals surface area contributed by atoms with Gasteiger partial charge in [-0.25, -0.2) is 9.18 Å². The predicted molar refractivity (Wildman–Crippen MR) is 145 cm³/mol. The molecule has 0 saturated carbocycles. The van der Waals surface area contributed by atoms with Gasteiger partial charge >= 0.3 is 6.03 Å². The highest BCUT2D eigenvalue weighted by Gasteiger charge is 2.50. The smallest absolute Gasteiger partial charge is 0.328 e. The van der Waals surface area contributed by atoms with Crippen molar-refractivity contribution in [2.24, 2.45) is 5.41 Å². The van der Waals surface area contributed by atoms with Gasteiger partial charge in [-0.3, -0.25) is 24.9 Å². The summed E-state index contributed by atoms with van der Waals surface area (Å²) in [5.74, 6) is -0.369. The zero-order valence-corrected chi connectivity index (χ0v) is 22.2. The third-order valence-electron chi connectivity index (χ3n) is 8.10. The summed E-state index contributed by atoms with van der Waals surface area (Å²) < 4.78 is 21.0. The maximum Gasteiger partial charge on any atom is 0.328 e. The average Bonchev–Trinajstić information content (AvgIpc) is 3.47. The number of aliphatic hydroxyl groups is 1. The van der Waals surface area contributed by atoms with Crippen molar-refractivity contribution >= 4 is 28.5 Å². The largest absolute Gasteiger partial charge is 0.384 e. The van der Waals surface area contributed by atoms with E-state index in [1.54, 1.807) is 18.2 Å². The van der Waals surface area contributed by atoms with Crippen molar-refractivity contribution in [2.75, 3.05) is 24.5 Å². The first kappa shape index (κ1) is 26.0. The summed E-state index contributed by atoms with van der Waals surface area (Å²) >= 11 is 0. The van der Waals surface area contributed by atoms with E-state index in [9.17, 15) is 14.7 Å². The number of carbonyl (C=O) groups excluding carboxylic acids is 2. The van der Waals surface area contributed by atoms with Gasteiger partial charge in [-0.15, -0.1) is 0 Å². The summed E-state index contributed by atoms with van der Waals surface area (Å²) in [6.07, 6.45) is 3.28. The molecule has 2 aromatic heterocycles. The minimum atomic E-state index is -1.42. The topological polar surface area (TPSA) is 125 Å². The Bertz CT molecular complexity index is 1590. The van der Waals surface area contributed by atoms with Gasteiger partial charge in [0.2, 0.25) is 18.1 Å². The van der Waals surface area contributed by atoms with Crippen LogP contribution < -0.4 is 10.2 Å². The Kier molecular flexibility index (Phi) is 6.35. The molecule has 0 bridgehead atoms. The van der Waals surface area contributed by atoms with E-state index in [0.29, 0.717) is 43.1 Å². The van der Waals surface area contributed by atoms with E-state index >= 15 is 4.39 Å². The molecule has 10 nitrogen and oxygen atoms in total. The highest BCUT2D eigenvalue weighted by atomic mass is 19.1. The molecule has 2 saturated heterocycles. The molecule has 2 fully saturated rings. The second-order valence-corrected chi connectivity index (χ2v) is 11.1. The number of carbonyl (C=O) groups is 2. The molecule has 1 atom stereocenters. The normalized spacial score (nSPS) is 21.6. The van der Waals surface area contributed by atoms with E-state index in [0.717, 1.165) is 11.1 Å². The van der Waals surface area contributed by atoms with Crippen molar-refractivity contribution in [1.29, 1.82) is 0 Å². The number of pyridine rings is 1. The molecule has 4 aromatic rings. The lowest BCUT2D eigenvalue weighted by molar-refractivity contribution is -0.128. The number of hydrogen-bond acceptors (Lipinski definition) is 8. The molecule has 1 unspecified atom stereocenters. The zero-order chi connectivity index (χ0) is 28.1. The van der Waals surface area contributed by atoms with Crippen molar-refractivity contribution in [3.8, 4) is 11.4 Å². The van der Waals surface area contributed by atoms with E-state index in [1.165, 1.54) is 17.5 Å². The summed E-state index contributed by atoms with van der Waals surface area (Å²) in [6.45, 7) is 5.89. The number of amides is 3. The lowest BCUT2D eigenvalue weighted by Gasteiger charge is -2.50. The molecule has 3 amide bonds. The Hall–Kier alpha value is -4.22. The van der Waals surface area contributed by atoms with Crippen molar-refractivity contribution in [2.45, 2.75) is 38.8 Å². The first-order valence-electron chi connectivity index (χ1n) is 13.2. The number of fused-ring (bicyclic) bond motifs is 1. The minimum absolute atomic E-state index is 0.152. The van der Waals surface area contributed by atoms with Crippen LogP contribution in [0, 0.1) is 11.2 Å². The van der Waals surface area contributed by atoms with Gasteiger partial charge in [-0.05, 0) is 24.1 Å². The predicted octanol–water partition coefficient (Wildman–Crippen LogP) is 3.99. The molecular weight excluding hydrogens is 515 g/mol. The third-order valence-corrected chi connectivity index (χ3v) is 8.10. The summed E-state index contributed by atoms with van der Waals surface area (Å²) in [5, 5.41) is 18.4. The van der Waals surface area contributed by atoms with Gasteiger partial charge in [-0.2, -0.15) is 4.98 Å². The lowest BCUT2D eigenvalue weighted by atomic mass is 9.66. The van der Waals surface area contributed by atoms with Crippen LogP contribution in [0.2, 0.25) is 0 Å². The molecule has 2 N–H and O–H groups in total. The molecule has 11 heteroatoms. The number of hydrogen-bond donors (Lipinski definition) is 2. The second-order valence-electron chi connectivity index (χ2n) is 11.1. The van der Waals surface area contributed by atoms with Crippen molar-refractivity contribution in [3.05, 3.63) is 72.0 Å². The first-order valence-corrected chi connectivity index (χ1v) is 13.2. The molecule has 0 aliphatic carbocycles. The van der Waals surface area contributed by atoms with Crippen LogP contribution in [0.1, 0.15) is 37.8 Å². The fraction of sp³-hybridized carbons (Fsp3) is 0.345. The van der Waals surface area contributed by atoms with Gasteiger partial charge in [0.1, 0.15) is 5.82 Å². The Balaban J connectivity index is 1.24. The van der Waals surface area contributed by atoms with Crippen LogP contribution in [0.5, 0.6) is 0 Å². The molecule has 0 spiro atoms. The number of likely N-dealkylation sites (tertiary alicyclic amines) is 1. The van der Waals surface area contributed by atoms with E-state index in [-0.39, 0.29) is 29.8 Å². The average molecular weight is 545 g/mol. The van der Waals surface area contributed by atoms with Gasteiger partial charge in [0.05, 0.1) is 23.0 Å². The monoisotopic (exact) mass is 544 g/mol. The molecule has 6 rings (SSSR count). The zero-order valence-electron chi connectivity index (χ0n) is 22.2. The third kappa shape index (κ3) is 4.50. The molecule has 40 heavy (non-hydrogen) atoms. The van der Waals surface area contributed by atoms with Gasteiger partial charge in [0, 0.05) is 54.5 Å². The number of nitrogens with zero attached hydrogens (tertiary/aromatic N) is 5. The summed E-state index contributed by atoms with van der Waals surface area (Å²) in [5.41, 5.74) is 0.891. The number of urea groups is 1. The molecule has 4 heterocycles. The number of anilines is 1. The minimum Gasteiger partial charge on any atom is -0.384 e. The number of benzene rings is 2. The fourth-order valence-corrected chi connectivity index (χ4v) is 5.81. The molecule has 2 aromatic carbocycles.